The number of benzene rings is 2. The van der Waals surface area contributed by atoms with Crippen molar-refractivity contribution in [2.45, 2.75) is 6.54 Å². The fourth-order valence-corrected chi connectivity index (χ4v) is 1.85. The molecule has 0 aliphatic rings. The highest BCUT2D eigenvalue weighted by Gasteiger charge is 2.15. The van der Waals surface area contributed by atoms with Crippen molar-refractivity contribution in [1.82, 2.24) is 4.90 Å². The summed E-state index contributed by atoms with van der Waals surface area (Å²) in [5.74, 6) is -1.24. The monoisotopic (exact) mass is 276 g/mol. The van der Waals surface area contributed by atoms with Crippen molar-refractivity contribution < 1.29 is 13.6 Å². The summed E-state index contributed by atoms with van der Waals surface area (Å²) in [6.45, 7) is 0.287. The molecule has 104 valence electrons. The number of anilines is 1. The lowest BCUT2D eigenvalue weighted by Gasteiger charge is -2.18. The van der Waals surface area contributed by atoms with E-state index in [1.807, 2.05) is 0 Å². The Balaban J connectivity index is 2.16. The Morgan fingerprint density at radius 1 is 1.10 bits per heavy atom. The van der Waals surface area contributed by atoms with Gasteiger partial charge in [0.2, 0.25) is 0 Å². The van der Waals surface area contributed by atoms with Crippen LogP contribution in [0.3, 0.4) is 0 Å². The van der Waals surface area contributed by atoms with Gasteiger partial charge >= 0.3 is 0 Å². The highest BCUT2D eigenvalue weighted by Crippen LogP contribution is 2.16. The van der Waals surface area contributed by atoms with Crippen molar-refractivity contribution in [3.05, 3.63) is 65.2 Å². The lowest BCUT2D eigenvalue weighted by atomic mass is 10.1. The van der Waals surface area contributed by atoms with Crippen molar-refractivity contribution in [3.8, 4) is 0 Å². The van der Waals surface area contributed by atoms with Gasteiger partial charge in [-0.15, -0.1) is 0 Å². The molecule has 0 bridgehead atoms. The molecule has 0 aliphatic carbocycles. The second-order valence-electron chi connectivity index (χ2n) is 4.52. The first-order valence-electron chi connectivity index (χ1n) is 6.02. The molecule has 0 aliphatic heterocycles. The summed E-state index contributed by atoms with van der Waals surface area (Å²) in [7, 11) is 1.58. The summed E-state index contributed by atoms with van der Waals surface area (Å²) in [5, 5.41) is 0. The smallest absolute Gasteiger partial charge is 0.256 e. The standard InChI is InChI=1S/C15H14F2N2O/c1-19(9-10-2-4-11(16)5-3-10)15(20)13-8-12(17)6-7-14(13)18/h2-8H,9,18H2,1H3. The maximum Gasteiger partial charge on any atom is 0.256 e. The van der Waals surface area contributed by atoms with E-state index in [0.29, 0.717) is 0 Å². The van der Waals surface area contributed by atoms with E-state index >= 15 is 0 Å². The van der Waals surface area contributed by atoms with E-state index in [1.54, 1.807) is 19.2 Å². The number of carbonyl (C=O) groups is 1. The molecule has 20 heavy (non-hydrogen) atoms. The summed E-state index contributed by atoms with van der Waals surface area (Å²) in [6.07, 6.45) is 0. The third kappa shape index (κ3) is 3.12. The summed E-state index contributed by atoms with van der Waals surface area (Å²) in [5.41, 5.74) is 6.80. The Hall–Kier alpha value is -2.43. The fraction of sp³-hybridized carbons (Fsp3) is 0.133. The predicted molar refractivity (Wildman–Crippen MR) is 73.0 cm³/mol. The van der Waals surface area contributed by atoms with Crippen molar-refractivity contribution >= 4 is 11.6 Å². The Bertz CT molecular complexity index is 626. The average molecular weight is 276 g/mol. The number of halogens is 2. The summed E-state index contributed by atoms with van der Waals surface area (Å²) in [6, 6.07) is 9.50. The molecule has 0 heterocycles. The quantitative estimate of drug-likeness (QED) is 0.876. The predicted octanol–water partition coefficient (Wildman–Crippen LogP) is 2.82. The number of nitrogens with two attached hydrogens (primary N) is 1. The van der Waals surface area contributed by atoms with Crippen LogP contribution in [0, 0.1) is 11.6 Å². The molecule has 3 nitrogen and oxygen atoms in total. The molecule has 2 N–H and O–H groups in total. The van der Waals surface area contributed by atoms with Crippen LogP contribution in [-0.2, 0) is 6.54 Å². The molecule has 2 rings (SSSR count). The largest absolute Gasteiger partial charge is 0.398 e. The number of nitrogens with zero attached hydrogens (tertiary/aromatic N) is 1. The zero-order valence-electron chi connectivity index (χ0n) is 10.9. The van der Waals surface area contributed by atoms with E-state index in [4.69, 9.17) is 5.73 Å². The van der Waals surface area contributed by atoms with Crippen LogP contribution in [0.5, 0.6) is 0 Å². The normalized spacial score (nSPS) is 10.3. The van der Waals surface area contributed by atoms with Gasteiger partial charge in [0, 0.05) is 19.3 Å². The molecule has 2 aromatic carbocycles. The zero-order valence-corrected chi connectivity index (χ0v) is 10.9. The number of nitrogen functional groups attached to an aromatic ring is 1. The number of hydrogen-bond acceptors (Lipinski definition) is 2. The average Bonchev–Trinajstić information content (AvgIpc) is 2.43. The first-order valence-corrected chi connectivity index (χ1v) is 6.02. The highest BCUT2D eigenvalue weighted by atomic mass is 19.1. The molecule has 1 amide bonds. The molecule has 0 aromatic heterocycles. The minimum Gasteiger partial charge on any atom is -0.398 e. The van der Waals surface area contributed by atoms with Gasteiger partial charge in [0.25, 0.3) is 5.91 Å². The molecule has 0 atom stereocenters. The number of carbonyl (C=O) groups excluding carboxylic acids is 1. The van der Waals surface area contributed by atoms with Crippen molar-refractivity contribution in [3.63, 3.8) is 0 Å². The lowest BCUT2D eigenvalue weighted by Crippen LogP contribution is -2.27. The van der Waals surface area contributed by atoms with Crippen molar-refractivity contribution in [1.29, 1.82) is 0 Å². The Morgan fingerprint density at radius 3 is 2.35 bits per heavy atom. The molecular weight excluding hydrogens is 262 g/mol. The number of amides is 1. The van der Waals surface area contributed by atoms with Gasteiger partial charge in [-0.3, -0.25) is 4.79 Å². The first kappa shape index (κ1) is 14.0. The van der Waals surface area contributed by atoms with Gasteiger partial charge in [0.1, 0.15) is 11.6 Å². The van der Waals surface area contributed by atoms with E-state index in [2.05, 4.69) is 0 Å². The van der Waals surface area contributed by atoms with Crippen LogP contribution in [-0.4, -0.2) is 17.9 Å². The van der Waals surface area contributed by atoms with Crippen LogP contribution < -0.4 is 5.73 Å². The summed E-state index contributed by atoms with van der Waals surface area (Å²) >= 11 is 0. The van der Waals surface area contributed by atoms with Crippen LogP contribution >= 0.6 is 0 Å². The van der Waals surface area contributed by atoms with Gasteiger partial charge in [0.05, 0.1) is 5.56 Å². The second-order valence-corrected chi connectivity index (χ2v) is 4.52. The van der Waals surface area contributed by atoms with Crippen LogP contribution in [0.1, 0.15) is 15.9 Å². The maximum atomic E-state index is 13.2. The van der Waals surface area contributed by atoms with Crippen LogP contribution in [0.25, 0.3) is 0 Å². The van der Waals surface area contributed by atoms with E-state index in [9.17, 15) is 13.6 Å². The van der Waals surface area contributed by atoms with E-state index in [1.165, 1.54) is 29.2 Å². The van der Waals surface area contributed by atoms with Crippen molar-refractivity contribution in [2.24, 2.45) is 0 Å². The molecule has 2 aromatic rings. The van der Waals surface area contributed by atoms with Gasteiger partial charge in [0.15, 0.2) is 0 Å². The molecule has 0 spiro atoms. The minimum absolute atomic E-state index is 0.120. The Labute approximate surface area is 115 Å². The van der Waals surface area contributed by atoms with Crippen molar-refractivity contribution in [2.75, 3.05) is 12.8 Å². The fourth-order valence-electron chi connectivity index (χ4n) is 1.85. The molecule has 0 unspecified atom stereocenters. The lowest BCUT2D eigenvalue weighted by molar-refractivity contribution is 0.0785. The molecule has 0 saturated carbocycles. The molecule has 0 saturated heterocycles. The van der Waals surface area contributed by atoms with E-state index < -0.39 is 5.82 Å². The van der Waals surface area contributed by atoms with Gasteiger partial charge in [-0.05, 0) is 35.9 Å². The molecule has 0 radical (unpaired) electrons. The molecule has 5 heteroatoms. The minimum atomic E-state index is -0.516. The van der Waals surface area contributed by atoms with Gasteiger partial charge in [-0.25, -0.2) is 8.78 Å². The molecule has 0 fully saturated rings. The second kappa shape index (κ2) is 5.69. The topological polar surface area (TPSA) is 46.3 Å². The van der Waals surface area contributed by atoms with Crippen LogP contribution in [0.4, 0.5) is 14.5 Å². The Kier molecular flexibility index (Phi) is 3.98. The van der Waals surface area contributed by atoms with Gasteiger partial charge in [-0.1, -0.05) is 12.1 Å². The maximum absolute atomic E-state index is 13.2. The van der Waals surface area contributed by atoms with Gasteiger partial charge < -0.3 is 10.6 Å². The molecular formula is C15H14F2N2O. The van der Waals surface area contributed by atoms with E-state index in [-0.39, 0.29) is 29.5 Å². The third-order valence-corrected chi connectivity index (χ3v) is 2.93. The Morgan fingerprint density at radius 2 is 1.70 bits per heavy atom. The zero-order chi connectivity index (χ0) is 14.7. The number of rotatable bonds is 3. The summed E-state index contributed by atoms with van der Waals surface area (Å²) in [4.78, 5) is 13.6. The summed E-state index contributed by atoms with van der Waals surface area (Å²) < 4.78 is 26.0. The number of hydrogen-bond donors (Lipinski definition) is 1. The third-order valence-electron chi connectivity index (χ3n) is 2.93. The van der Waals surface area contributed by atoms with Gasteiger partial charge in [-0.2, -0.15) is 0 Å². The first-order chi connectivity index (χ1) is 9.47. The van der Waals surface area contributed by atoms with Crippen LogP contribution in [0.2, 0.25) is 0 Å². The van der Waals surface area contributed by atoms with E-state index in [0.717, 1.165) is 11.6 Å². The van der Waals surface area contributed by atoms with Crippen LogP contribution in [0.15, 0.2) is 42.5 Å². The highest BCUT2D eigenvalue weighted by molar-refractivity contribution is 5.98. The SMILES string of the molecule is CN(Cc1ccc(F)cc1)C(=O)c1cc(F)ccc1N.